The maximum absolute atomic E-state index is 12.5. The summed E-state index contributed by atoms with van der Waals surface area (Å²) < 4.78 is 1.72. The molecule has 3 rings (SSSR count). The molecule has 2 unspecified atom stereocenters. The topological polar surface area (TPSA) is 50.2 Å². The zero-order chi connectivity index (χ0) is 17.1. The van der Waals surface area contributed by atoms with E-state index in [9.17, 15) is 4.79 Å². The summed E-state index contributed by atoms with van der Waals surface area (Å²) in [6.07, 6.45) is 6.92. The highest BCUT2D eigenvalue weighted by Crippen LogP contribution is 2.25. The van der Waals surface area contributed by atoms with E-state index in [4.69, 9.17) is 11.6 Å². The second-order valence-corrected chi connectivity index (χ2v) is 6.81. The Bertz CT molecular complexity index is 691. The second kappa shape index (κ2) is 7.26. The minimum absolute atomic E-state index is 0.141. The minimum atomic E-state index is 0.141. The molecule has 0 saturated carbocycles. The Morgan fingerprint density at radius 2 is 2.08 bits per heavy atom. The molecular weight excluding hydrogens is 324 g/mol. The van der Waals surface area contributed by atoms with Gasteiger partial charge in [-0.05, 0) is 57.4 Å². The molecule has 0 bridgehead atoms. The molecule has 1 fully saturated rings. The van der Waals surface area contributed by atoms with Gasteiger partial charge in [-0.3, -0.25) is 4.79 Å². The first-order valence-electron chi connectivity index (χ1n) is 8.41. The summed E-state index contributed by atoms with van der Waals surface area (Å²) in [6, 6.07) is 8.12. The predicted molar refractivity (Wildman–Crippen MR) is 96.7 cm³/mol. The first-order chi connectivity index (χ1) is 11.6. The quantitative estimate of drug-likeness (QED) is 0.917. The predicted octanol–water partition coefficient (Wildman–Crippen LogP) is 3.73. The van der Waals surface area contributed by atoms with E-state index in [1.165, 1.54) is 6.42 Å². The molecule has 1 aromatic carbocycles. The molecule has 1 aromatic heterocycles. The highest BCUT2D eigenvalue weighted by atomic mass is 35.5. The molecule has 1 amide bonds. The van der Waals surface area contributed by atoms with Crippen LogP contribution in [0.2, 0.25) is 5.02 Å². The molecule has 5 nitrogen and oxygen atoms in total. The Kier molecular flexibility index (Phi) is 5.09. The summed E-state index contributed by atoms with van der Waals surface area (Å²) >= 11 is 6.33. The van der Waals surface area contributed by atoms with Gasteiger partial charge in [0.05, 0.1) is 17.3 Å². The number of rotatable bonds is 4. The monoisotopic (exact) mass is 346 g/mol. The lowest BCUT2D eigenvalue weighted by atomic mass is 9.97. The van der Waals surface area contributed by atoms with E-state index in [-0.39, 0.29) is 12.5 Å². The Balaban J connectivity index is 1.64. The van der Waals surface area contributed by atoms with E-state index in [1.807, 2.05) is 35.4 Å². The van der Waals surface area contributed by atoms with Crippen LogP contribution in [-0.4, -0.2) is 39.2 Å². The smallest absolute Gasteiger partial charge is 0.242 e. The normalized spacial score (nSPS) is 20.9. The van der Waals surface area contributed by atoms with Crippen LogP contribution in [0.4, 0.5) is 5.69 Å². The van der Waals surface area contributed by atoms with Gasteiger partial charge in [-0.15, -0.1) is 0 Å². The second-order valence-electron chi connectivity index (χ2n) is 6.40. The van der Waals surface area contributed by atoms with Crippen molar-refractivity contribution in [3.05, 3.63) is 41.7 Å². The number of piperidine rings is 1. The summed E-state index contributed by atoms with van der Waals surface area (Å²) in [7, 11) is 0. The number of likely N-dealkylation sites (tertiary alicyclic amines) is 1. The first kappa shape index (κ1) is 16.8. The van der Waals surface area contributed by atoms with Gasteiger partial charge in [-0.2, -0.15) is 5.10 Å². The van der Waals surface area contributed by atoms with Crippen LogP contribution in [0.15, 0.2) is 36.7 Å². The average Bonchev–Trinajstić information content (AvgIpc) is 3.07. The fraction of sp³-hybridized carbons (Fsp3) is 0.444. The Morgan fingerprint density at radius 3 is 2.71 bits per heavy atom. The lowest BCUT2D eigenvalue weighted by molar-refractivity contribution is -0.135. The zero-order valence-corrected chi connectivity index (χ0v) is 14.8. The van der Waals surface area contributed by atoms with Crippen LogP contribution >= 0.6 is 11.6 Å². The number of carbonyl (C=O) groups excluding carboxylic acids is 1. The molecule has 1 aliphatic rings. The largest absolute Gasteiger partial charge is 0.376 e. The van der Waals surface area contributed by atoms with E-state index < -0.39 is 0 Å². The molecule has 1 aliphatic heterocycles. The number of benzene rings is 1. The van der Waals surface area contributed by atoms with Crippen LogP contribution in [0, 0.1) is 0 Å². The fourth-order valence-corrected chi connectivity index (χ4v) is 3.66. The van der Waals surface area contributed by atoms with Crippen molar-refractivity contribution >= 4 is 23.2 Å². The SMILES string of the molecule is CC1CCCC(C)N1C(=O)CNc1ccc(-n2cccn2)c(Cl)c1. The molecule has 0 radical (unpaired) electrons. The van der Waals surface area contributed by atoms with Gasteiger partial charge in [-0.25, -0.2) is 4.68 Å². The molecule has 2 aromatic rings. The molecule has 24 heavy (non-hydrogen) atoms. The molecular formula is C18H23ClN4O. The van der Waals surface area contributed by atoms with E-state index in [1.54, 1.807) is 10.9 Å². The van der Waals surface area contributed by atoms with Gasteiger partial charge in [0.25, 0.3) is 0 Å². The van der Waals surface area contributed by atoms with Gasteiger partial charge in [0.2, 0.25) is 5.91 Å². The van der Waals surface area contributed by atoms with Crippen molar-refractivity contribution in [2.75, 3.05) is 11.9 Å². The van der Waals surface area contributed by atoms with Crippen molar-refractivity contribution in [1.29, 1.82) is 0 Å². The fourth-order valence-electron chi connectivity index (χ4n) is 3.40. The van der Waals surface area contributed by atoms with E-state index >= 15 is 0 Å². The molecule has 1 N–H and O–H groups in total. The highest BCUT2D eigenvalue weighted by Gasteiger charge is 2.28. The zero-order valence-electron chi connectivity index (χ0n) is 14.1. The molecule has 0 spiro atoms. The van der Waals surface area contributed by atoms with Gasteiger partial charge in [0.1, 0.15) is 0 Å². The lowest BCUT2D eigenvalue weighted by Gasteiger charge is -2.39. The number of amides is 1. The van der Waals surface area contributed by atoms with Crippen molar-refractivity contribution in [2.24, 2.45) is 0 Å². The lowest BCUT2D eigenvalue weighted by Crippen LogP contribution is -2.49. The van der Waals surface area contributed by atoms with E-state index in [2.05, 4.69) is 24.3 Å². The number of nitrogens with zero attached hydrogens (tertiary/aromatic N) is 3. The summed E-state index contributed by atoms with van der Waals surface area (Å²) in [5.41, 5.74) is 1.65. The highest BCUT2D eigenvalue weighted by molar-refractivity contribution is 6.32. The summed E-state index contributed by atoms with van der Waals surface area (Å²) in [4.78, 5) is 14.6. The number of aromatic nitrogens is 2. The van der Waals surface area contributed by atoms with Crippen molar-refractivity contribution in [2.45, 2.75) is 45.2 Å². The number of hydrogen-bond acceptors (Lipinski definition) is 3. The van der Waals surface area contributed by atoms with E-state index in [0.29, 0.717) is 17.1 Å². The van der Waals surface area contributed by atoms with Gasteiger partial charge < -0.3 is 10.2 Å². The maximum Gasteiger partial charge on any atom is 0.242 e. The molecule has 2 heterocycles. The van der Waals surface area contributed by atoms with Crippen molar-refractivity contribution in [1.82, 2.24) is 14.7 Å². The molecule has 128 valence electrons. The Morgan fingerprint density at radius 1 is 1.33 bits per heavy atom. The van der Waals surface area contributed by atoms with Gasteiger partial charge in [-0.1, -0.05) is 11.6 Å². The number of halogens is 1. The standard InChI is InChI=1S/C18H23ClN4O/c1-13-5-3-6-14(2)23(13)18(24)12-20-15-7-8-17(16(19)11-15)22-10-4-9-21-22/h4,7-11,13-14,20H,3,5-6,12H2,1-2H3. The van der Waals surface area contributed by atoms with Crippen LogP contribution in [0.25, 0.3) is 5.69 Å². The molecule has 0 aliphatic carbocycles. The average molecular weight is 347 g/mol. The van der Waals surface area contributed by atoms with E-state index in [0.717, 1.165) is 24.2 Å². The van der Waals surface area contributed by atoms with Crippen molar-refractivity contribution in [3.8, 4) is 5.69 Å². The summed E-state index contributed by atoms with van der Waals surface area (Å²) in [5.74, 6) is 0.141. The van der Waals surface area contributed by atoms with Gasteiger partial charge >= 0.3 is 0 Å². The molecule has 2 atom stereocenters. The van der Waals surface area contributed by atoms with Gasteiger partial charge in [0, 0.05) is 30.2 Å². The van der Waals surface area contributed by atoms with Gasteiger partial charge in [0.15, 0.2) is 0 Å². The van der Waals surface area contributed by atoms with Crippen LogP contribution < -0.4 is 5.32 Å². The Hall–Kier alpha value is -2.01. The van der Waals surface area contributed by atoms with Crippen LogP contribution in [0.5, 0.6) is 0 Å². The number of hydrogen-bond donors (Lipinski definition) is 1. The number of carbonyl (C=O) groups is 1. The third-order valence-corrected chi connectivity index (χ3v) is 4.93. The molecule has 6 heteroatoms. The van der Waals surface area contributed by atoms with Crippen LogP contribution in [0.3, 0.4) is 0 Å². The number of anilines is 1. The summed E-state index contributed by atoms with van der Waals surface area (Å²) in [5, 5.41) is 7.96. The third kappa shape index (κ3) is 3.56. The van der Waals surface area contributed by atoms with Crippen LogP contribution in [0.1, 0.15) is 33.1 Å². The summed E-state index contributed by atoms with van der Waals surface area (Å²) in [6.45, 7) is 4.54. The minimum Gasteiger partial charge on any atom is -0.376 e. The maximum atomic E-state index is 12.5. The molecule has 1 saturated heterocycles. The van der Waals surface area contributed by atoms with Crippen molar-refractivity contribution < 1.29 is 4.79 Å². The number of nitrogens with one attached hydrogen (secondary N) is 1. The Labute approximate surface area is 147 Å². The first-order valence-corrected chi connectivity index (χ1v) is 8.78. The van der Waals surface area contributed by atoms with Crippen molar-refractivity contribution in [3.63, 3.8) is 0 Å². The third-order valence-electron chi connectivity index (χ3n) is 4.62. The van der Waals surface area contributed by atoms with Crippen LogP contribution in [-0.2, 0) is 4.79 Å².